The number of pyridine rings is 2. The lowest BCUT2D eigenvalue weighted by Gasteiger charge is -2.14. The maximum absolute atomic E-state index is 6.06. The standard InChI is InChI=1S/C16H15N3O2/c17-13-8-10-3-4-14-12(2-1-6-18-14)15(10)19-16(13)21-11-5-7-20-9-11/h1-4,6,8,11H,5,7,9,17H2/t11-/m1/s1. The summed E-state index contributed by atoms with van der Waals surface area (Å²) in [5.74, 6) is 0.481. The predicted molar refractivity (Wildman–Crippen MR) is 81.3 cm³/mol. The topological polar surface area (TPSA) is 70.3 Å². The molecule has 1 aromatic carbocycles. The van der Waals surface area contributed by atoms with E-state index in [4.69, 9.17) is 15.2 Å². The summed E-state index contributed by atoms with van der Waals surface area (Å²) in [5, 5.41) is 1.99. The number of nitrogen functional groups attached to an aromatic ring is 1. The van der Waals surface area contributed by atoms with E-state index in [9.17, 15) is 0 Å². The Bertz CT molecular complexity index is 813. The Morgan fingerprint density at radius 2 is 2.24 bits per heavy atom. The highest BCUT2D eigenvalue weighted by atomic mass is 16.5. The number of nitrogens with two attached hydrogens (primary N) is 1. The van der Waals surface area contributed by atoms with Crippen LogP contribution in [0.25, 0.3) is 21.8 Å². The zero-order valence-electron chi connectivity index (χ0n) is 11.5. The van der Waals surface area contributed by atoms with E-state index in [1.165, 1.54) is 0 Å². The van der Waals surface area contributed by atoms with Crippen molar-refractivity contribution in [3.05, 3.63) is 36.5 Å². The molecule has 0 radical (unpaired) electrons. The van der Waals surface area contributed by atoms with Crippen molar-refractivity contribution in [1.29, 1.82) is 0 Å². The number of aromatic nitrogens is 2. The lowest BCUT2D eigenvalue weighted by Crippen LogP contribution is -2.17. The number of rotatable bonds is 2. The molecule has 106 valence electrons. The summed E-state index contributed by atoms with van der Waals surface area (Å²) < 4.78 is 11.2. The molecule has 0 amide bonds. The fraction of sp³-hybridized carbons (Fsp3) is 0.250. The second-order valence-corrected chi connectivity index (χ2v) is 5.19. The summed E-state index contributed by atoms with van der Waals surface area (Å²) in [6.07, 6.45) is 2.68. The molecule has 5 nitrogen and oxygen atoms in total. The zero-order valence-corrected chi connectivity index (χ0v) is 11.5. The largest absolute Gasteiger partial charge is 0.470 e. The number of benzene rings is 1. The highest BCUT2D eigenvalue weighted by molar-refractivity contribution is 6.04. The first kappa shape index (κ1) is 12.3. The van der Waals surface area contributed by atoms with E-state index in [0.29, 0.717) is 18.2 Å². The molecule has 1 atom stereocenters. The molecule has 3 aromatic rings. The van der Waals surface area contributed by atoms with Crippen LogP contribution in [0.4, 0.5) is 5.69 Å². The molecule has 2 N–H and O–H groups in total. The van der Waals surface area contributed by atoms with Crippen LogP contribution in [-0.2, 0) is 4.74 Å². The van der Waals surface area contributed by atoms with Crippen molar-refractivity contribution in [2.75, 3.05) is 18.9 Å². The molecule has 1 saturated heterocycles. The van der Waals surface area contributed by atoms with Gasteiger partial charge >= 0.3 is 0 Å². The average Bonchev–Trinajstić information content (AvgIpc) is 3.01. The quantitative estimate of drug-likeness (QED) is 0.731. The van der Waals surface area contributed by atoms with Gasteiger partial charge < -0.3 is 15.2 Å². The highest BCUT2D eigenvalue weighted by Crippen LogP contribution is 2.30. The Hall–Kier alpha value is -2.40. The van der Waals surface area contributed by atoms with Crippen molar-refractivity contribution >= 4 is 27.5 Å². The summed E-state index contributed by atoms with van der Waals surface area (Å²) in [7, 11) is 0. The van der Waals surface area contributed by atoms with Crippen LogP contribution < -0.4 is 10.5 Å². The second kappa shape index (κ2) is 4.86. The van der Waals surface area contributed by atoms with E-state index in [2.05, 4.69) is 9.97 Å². The van der Waals surface area contributed by atoms with Crippen LogP contribution in [-0.4, -0.2) is 29.3 Å². The normalized spacial score (nSPS) is 18.4. The Morgan fingerprint density at radius 3 is 3.10 bits per heavy atom. The molecule has 1 fully saturated rings. The number of hydrogen-bond donors (Lipinski definition) is 1. The van der Waals surface area contributed by atoms with E-state index in [0.717, 1.165) is 34.8 Å². The van der Waals surface area contributed by atoms with Gasteiger partial charge in [-0.1, -0.05) is 6.07 Å². The van der Waals surface area contributed by atoms with Gasteiger partial charge in [-0.3, -0.25) is 4.98 Å². The van der Waals surface area contributed by atoms with E-state index < -0.39 is 0 Å². The smallest absolute Gasteiger partial charge is 0.238 e. The van der Waals surface area contributed by atoms with E-state index in [-0.39, 0.29) is 6.10 Å². The summed E-state index contributed by atoms with van der Waals surface area (Å²) in [4.78, 5) is 8.98. The zero-order chi connectivity index (χ0) is 14.2. The number of anilines is 1. The van der Waals surface area contributed by atoms with Gasteiger partial charge in [0.25, 0.3) is 0 Å². The van der Waals surface area contributed by atoms with Crippen LogP contribution in [0.3, 0.4) is 0 Å². The van der Waals surface area contributed by atoms with Crippen molar-refractivity contribution < 1.29 is 9.47 Å². The first-order valence-electron chi connectivity index (χ1n) is 6.99. The fourth-order valence-electron chi connectivity index (χ4n) is 2.65. The molecule has 5 heteroatoms. The van der Waals surface area contributed by atoms with Gasteiger partial charge in [0.1, 0.15) is 6.10 Å². The third-order valence-corrected chi connectivity index (χ3v) is 3.73. The average molecular weight is 281 g/mol. The molecule has 0 spiro atoms. The lowest BCUT2D eigenvalue weighted by atomic mass is 10.1. The number of hydrogen-bond acceptors (Lipinski definition) is 5. The van der Waals surface area contributed by atoms with Crippen LogP contribution >= 0.6 is 0 Å². The minimum absolute atomic E-state index is 0.0327. The minimum atomic E-state index is 0.0327. The molecule has 0 saturated carbocycles. The van der Waals surface area contributed by atoms with Crippen LogP contribution in [0.5, 0.6) is 5.88 Å². The molecule has 1 aliphatic rings. The van der Waals surface area contributed by atoms with Crippen LogP contribution in [0.15, 0.2) is 36.5 Å². The third-order valence-electron chi connectivity index (χ3n) is 3.73. The maximum Gasteiger partial charge on any atom is 0.238 e. The Morgan fingerprint density at radius 1 is 1.29 bits per heavy atom. The fourth-order valence-corrected chi connectivity index (χ4v) is 2.65. The molecular weight excluding hydrogens is 266 g/mol. The van der Waals surface area contributed by atoms with Gasteiger partial charge in [0, 0.05) is 23.4 Å². The molecule has 3 heterocycles. The first-order valence-corrected chi connectivity index (χ1v) is 6.99. The minimum Gasteiger partial charge on any atom is -0.470 e. The Labute approximate surface area is 121 Å². The van der Waals surface area contributed by atoms with E-state index >= 15 is 0 Å². The summed E-state index contributed by atoms with van der Waals surface area (Å²) in [6.45, 7) is 1.32. The molecule has 1 aliphatic heterocycles. The lowest BCUT2D eigenvalue weighted by molar-refractivity contribution is 0.139. The Kier molecular flexibility index (Phi) is 2.86. The monoisotopic (exact) mass is 281 g/mol. The Balaban J connectivity index is 1.87. The second-order valence-electron chi connectivity index (χ2n) is 5.19. The van der Waals surface area contributed by atoms with Gasteiger partial charge in [-0.15, -0.1) is 0 Å². The van der Waals surface area contributed by atoms with Crippen molar-refractivity contribution in [3.63, 3.8) is 0 Å². The molecular formula is C16H15N3O2. The van der Waals surface area contributed by atoms with Crippen LogP contribution in [0, 0.1) is 0 Å². The third kappa shape index (κ3) is 2.15. The number of nitrogens with zero attached hydrogens (tertiary/aromatic N) is 2. The van der Waals surface area contributed by atoms with Gasteiger partial charge in [0.2, 0.25) is 5.88 Å². The predicted octanol–water partition coefficient (Wildman–Crippen LogP) is 2.53. The molecule has 0 bridgehead atoms. The van der Waals surface area contributed by atoms with E-state index in [1.54, 1.807) is 6.20 Å². The molecule has 2 aromatic heterocycles. The van der Waals surface area contributed by atoms with Crippen molar-refractivity contribution in [2.45, 2.75) is 12.5 Å². The van der Waals surface area contributed by atoms with Crippen molar-refractivity contribution in [1.82, 2.24) is 9.97 Å². The number of fused-ring (bicyclic) bond motifs is 3. The van der Waals surface area contributed by atoms with Crippen LogP contribution in [0.1, 0.15) is 6.42 Å². The molecule has 0 unspecified atom stereocenters. The van der Waals surface area contributed by atoms with Crippen molar-refractivity contribution in [2.24, 2.45) is 0 Å². The molecule has 4 rings (SSSR count). The van der Waals surface area contributed by atoms with Crippen LogP contribution in [0.2, 0.25) is 0 Å². The molecule has 0 aliphatic carbocycles. The van der Waals surface area contributed by atoms with Gasteiger partial charge in [0.05, 0.1) is 29.9 Å². The van der Waals surface area contributed by atoms with Gasteiger partial charge in [-0.25, -0.2) is 4.98 Å². The van der Waals surface area contributed by atoms with E-state index in [1.807, 2.05) is 30.3 Å². The van der Waals surface area contributed by atoms with Gasteiger partial charge in [-0.05, 0) is 24.3 Å². The van der Waals surface area contributed by atoms with Gasteiger partial charge in [-0.2, -0.15) is 0 Å². The maximum atomic E-state index is 6.06. The summed E-state index contributed by atoms with van der Waals surface area (Å²) in [6, 6.07) is 9.78. The van der Waals surface area contributed by atoms with Gasteiger partial charge in [0.15, 0.2) is 0 Å². The van der Waals surface area contributed by atoms with Crippen molar-refractivity contribution in [3.8, 4) is 5.88 Å². The number of ether oxygens (including phenoxy) is 2. The molecule has 21 heavy (non-hydrogen) atoms. The summed E-state index contributed by atoms with van der Waals surface area (Å²) in [5.41, 5.74) is 8.40. The first-order chi connectivity index (χ1) is 10.3. The highest BCUT2D eigenvalue weighted by Gasteiger charge is 2.19. The SMILES string of the molecule is Nc1cc2ccc3ncccc3c2nc1O[C@@H]1CCOC1. The summed E-state index contributed by atoms with van der Waals surface area (Å²) >= 11 is 0.